The highest BCUT2D eigenvalue weighted by atomic mass is 32.2. The molecule has 0 saturated carbocycles. The molecular formula is C6H5N3OS. The lowest BCUT2D eigenvalue weighted by molar-refractivity contribution is -0.116. The number of thioether (sulfide) groups is 1. The van der Waals surface area contributed by atoms with Crippen LogP contribution in [-0.2, 0) is 4.79 Å². The van der Waals surface area contributed by atoms with E-state index in [2.05, 4.69) is 9.98 Å². The second-order valence-corrected chi connectivity index (χ2v) is 3.17. The summed E-state index contributed by atoms with van der Waals surface area (Å²) >= 11 is 1.36. The molecule has 1 unspecified atom stereocenters. The fraction of sp³-hybridized carbons (Fsp3) is 0.167. The third-order valence-corrected chi connectivity index (χ3v) is 2.57. The van der Waals surface area contributed by atoms with E-state index in [9.17, 15) is 4.79 Å². The highest BCUT2D eigenvalue weighted by molar-refractivity contribution is 8.04. The number of nitrogens with two attached hydrogens (primary N) is 1. The molecule has 0 radical (unpaired) electrons. The van der Waals surface area contributed by atoms with Crippen molar-refractivity contribution in [2.24, 2.45) is 15.7 Å². The van der Waals surface area contributed by atoms with Crippen LogP contribution in [0.1, 0.15) is 0 Å². The molecule has 0 aliphatic carbocycles. The van der Waals surface area contributed by atoms with Gasteiger partial charge in [-0.15, -0.1) is 11.8 Å². The van der Waals surface area contributed by atoms with Crippen molar-refractivity contribution in [3.63, 3.8) is 0 Å². The van der Waals surface area contributed by atoms with Crippen LogP contribution in [0.3, 0.4) is 0 Å². The van der Waals surface area contributed by atoms with Crippen LogP contribution in [-0.4, -0.2) is 23.2 Å². The van der Waals surface area contributed by atoms with E-state index in [1.54, 1.807) is 5.41 Å². The van der Waals surface area contributed by atoms with Crippen molar-refractivity contribution in [3.8, 4) is 0 Å². The van der Waals surface area contributed by atoms with Crippen LogP contribution >= 0.6 is 11.8 Å². The van der Waals surface area contributed by atoms with Crippen LogP contribution in [0.4, 0.5) is 0 Å². The third-order valence-electron chi connectivity index (χ3n) is 1.48. The fourth-order valence-electron chi connectivity index (χ4n) is 0.951. The van der Waals surface area contributed by atoms with Crippen molar-refractivity contribution >= 4 is 29.7 Å². The molecule has 5 heteroatoms. The van der Waals surface area contributed by atoms with E-state index in [-0.39, 0.29) is 11.2 Å². The Hall–Kier alpha value is -1.10. The lowest BCUT2D eigenvalue weighted by atomic mass is 10.2. The molecule has 0 bridgehead atoms. The van der Waals surface area contributed by atoms with Gasteiger partial charge in [-0.1, -0.05) is 0 Å². The smallest absolute Gasteiger partial charge is 0.266 e. The van der Waals surface area contributed by atoms with Gasteiger partial charge < -0.3 is 5.73 Å². The minimum absolute atomic E-state index is 0.170. The standard InChI is InChI=1S/C6H5N3OS/c7-3-1-11-5-4(3)8-2-9-6(5)10/h1-2,5H,7H2. The van der Waals surface area contributed by atoms with Crippen LogP contribution in [0.2, 0.25) is 0 Å². The van der Waals surface area contributed by atoms with Crippen LogP contribution in [0.15, 0.2) is 21.1 Å². The molecule has 2 aliphatic heterocycles. The summed E-state index contributed by atoms with van der Waals surface area (Å²) in [6, 6.07) is 0. The minimum Gasteiger partial charge on any atom is -0.397 e. The zero-order chi connectivity index (χ0) is 7.84. The Balaban J connectivity index is 2.42. The molecular weight excluding hydrogens is 162 g/mol. The first kappa shape index (κ1) is 6.60. The van der Waals surface area contributed by atoms with Gasteiger partial charge in [0.05, 0.1) is 11.4 Å². The van der Waals surface area contributed by atoms with Crippen LogP contribution in [0, 0.1) is 0 Å². The summed E-state index contributed by atoms with van der Waals surface area (Å²) in [5, 5.41) is 1.45. The van der Waals surface area contributed by atoms with Gasteiger partial charge >= 0.3 is 0 Å². The van der Waals surface area contributed by atoms with Crippen LogP contribution in [0.5, 0.6) is 0 Å². The van der Waals surface area contributed by atoms with Crippen LogP contribution in [0.25, 0.3) is 0 Å². The summed E-state index contributed by atoms with van der Waals surface area (Å²) < 4.78 is 0. The van der Waals surface area contributed by atoms with Gasteiger partial charge in [-0.3, -0.25) is 4.79 Å². The monoisotopic (exact) mass is 167 g/mol. The van der Waals surface area contributed by atoms with Crippen molar-refractivity contribution in [2.75, 3.05) is 0 Å². The Kier molecular flexibility index (Phi) is 1.32. The Morgan fingerprint density at radius 1 is 1.64 bits per heavy atom. The van der Waals surface area contributed by atoms with Gasteiger partial charge in [0.15, 0.2) is 0 Å². The second kappa shape index (κ2) is 2.20. The topological polar surface area (TPSA) is 67.8 Å². The van der Waals surface area contributed by atoms with E-state index >= 15 is 0 Å². The summed E-state index contributed by atoms with van der Waals surface area (Å²) in [6.45, 7) is 0. The Morgan fingerprint density at radius 2 is 2.45 bits per heavy atom. The highest BCUT2D eigenvalue weighted by Gasteiger charge is 2.31. The quantitative estimate of drug-likeness (QED) is 0.548. The maximum Gasteiger partial charge on any atom is 0.266 e. The molecule has 0 aromatic rings. The summed E-state index contributed by atoms with van der Waals surface area (Å²) in [5.41, 5.74) is 6.78. The largest absolute Gasteiger partial charge is 0.397 e. The Bertz CT molecular complexity index is 305. The number of fused-ring (bicyclic) bond motifs is 1. The van der Waals surface area contributed by atoms with Gasteiger partial charge in [0.1, 0.15) is 11.6 Å². The number of hydrogen-bond acceptors (Lipinski definition) is 4. The average Bonchev–Trinajstić information content (AvgIpc) is 2.35. The highest BCUT2D eigenvalue weighted by Crippen LogP contribution is 2.27. The molecule has 2 heterocycles. The molecule has 1 amide bonds. The SMILES string of the molecule is NC1=CSC2C(=O)N=CN=C12. The van der Waals surface area contributed by atoms with Gasteiger partial charge in [0, 0.05) is 0 Å². The third kappa shape index (κ3) is 0.883. The first-order valence-corrected chi connectivity index (χ1v) is 3.99. The lowest BCUT2D eigenvalue weighted by Gasteiger charge is -2.08. The molecule has 2 rings (SSSR count). The van der Waals surface area contributed by atoms with Crippen molar-refractivity contribution < 1.29 is 4.79 Å². The molecule has 0 aromatic carbocycles. The molecule has 0 saturated heterocycles. The zero-order valence-electron chi connectivity index (χ0n) is 5.52. The van der Waals surface area contributed by atoms with Gasteiger partial charge in [-0.05, 0) is 5.41 Å². The first-order chi connectivity index (χ1) is 5.29. The number of rotatable bonds is 0. The molecule has 0 aromatic heterocycles. The molecule has 2 aliphatic rings. The van der Waals surface area contributed by atoms with Crippen molar-refractivity contribution in [3.05, 3.63) is 11.1 Å². The van der Waals surface area contributed by atoms with Gasteiger partial charge in [-0.25, -0.2) is 9.98 Å². The maximum atomic E-state index is 11.0. The number of aliphatic imine (C=N–C) groups is 2. The Morgan fingerprint density at radius 3 is 3.18 bits per heavy atom. The maximum absolute atomic E-state index is 11.0. The predicted molar refractivity (Wildman–Crippen MR) is 44.6 cm³/mol. The van der Waals surface area contributed by atoms with E-state index in [1.807, 2.05) is 0 Å². The second-order valence-electron chi connectivity index (χ2n) is 2.19. The molecule has 0 spiro atoms. The average molecular weight is 167 g/mol. The van der Waals surface area contributed by atoms with Crippen LogP contribution < -0.4 is 5.73 Å². The number of carbonyl (C=O) groups excluding carboxylic acids is 1. The number of hydrogen-bond donors (Lipinski definition) is 1. The van der Waals surface area contributed by atoms with E-state index in [0.29, 0.717) is 11.4 Å². The van der Waals surface area contributed by atoms with E-state index in [4.69, 9.17) is 5.73 Å². The van der Waals surface area contributed by atoms with E-state index in [1.165, 1.54) is 18.1 Å². The molecule has 0 fully saturated rings. The first-order valence-electron chi connectivity index (χ1n) is 3.04. The number of allylic oxidation sites excluding steroid dienone is 1. The van der Waals surface area contributed by atoms with Crippen molar-refractivity contribution in [1.82, 2.24) is 0 Å². The normalized spacial score (nSPS) is 28.0. The van der Waals surface area contributed by atoms with E-state index in [0.717, 1.165) is 0 Å². The molecule has 56 valence electrons. The van der Waals surface area contributed by atoms with Gasteiger partial charge in [0.25, 0.3) is 5.91 Å². The lowest BCUT2D eigenvalue weighted by Crippen LogP contribution is -2.28. The molecule has 4 nitrogen and oxygen atoms in total. The minimum atomic E-state index is -0.278. The van der Waals surface area contributed by atoms with Gasteiger partial charge in [-0.2, -0.15) is 0 Å². The fourth-order valence-corrected chi connectivity index (χ4v) is 1.86. The summed E-state index contributed by atoms with van der Waals surface area (Å²) in [6.07, 6.45) is 1.25. The summed E-state index contributed by atoms with van der Waals surface area (Å²) in [4.78, 5) is 18.5. The number of nitrogens with zero attached hydrogens (tertiary/aromatic N) is 2. The molecule has 11 heavy (non-hydrogen) atoms. The molecule has 2 N–H and O–H groups in total. The predicted octanol–water partition coefficient (Wildman–Crippen LogP) is -0.0886. The number of carbonyl (C=O) groups is 1. The van der Waals surface area contributed by atoms with Gasteiger partial charge in [0.2, 0.25) is 0 Å². The Labute approximate surface area is 67.3 Å². The summed E-state index contributed by atoms with van der Waals surface area (Å²) in [7, 11) is 0. The van der Waals surface area contributed by atoms with E-state index < -0.39 is 0 Å². The van der Waals surface area contributed by atoms with Crippen molar-refractivity contribution in [1.29, 1.82) is 0 Å². The summed E-state index contributed by atoms with van der Waals surface area (Å²) in [5.74, 6) is -0.170. The molecule has 1 atom stereocenters. The van der Waals surface area contributed by atoms with Crippen molar-refractivity contribution in [2.45, 2.75) is 5.25 Å². The number of amides is 1. The zero-order valence-corrected chi connectivity index (χ0v) is 6.34.